The quantitative estimate of drug-likeness (QED) is 0.309. The van der Waals surface area contributed by atoms with Crippen LogP contribution in [-0.2, 0) is 6.54 Å². The highest BCUT2D eigenvalue weighted by molar-refractivity contribution is 6.00. The zero-order valence-corrected chi connectivity index (χ0v) is 20.9. The number of rotatable bonds is 8. The maximum absolute atomic E-state index is 12.8. The number of amides is 1. The fraction of sp³-hybridized carbons (Fsp3) is 0.250. The molecule has 3 aromatic heterocycles. The van der Waals surface area contributed by atoms with E-state index in [0.29, 0.717) is 39.1 Å². The van der Waals surface area contributed by atoms with Crippen molar-refractivity contribution in [3.8, 4) is 17.1 Å². The lowest BCUT2D eigenvalue weighted by Crippen LogP contribution is -2.19. The minimum atomic E-state index is -4.44. The summed E-state index contributed by atoms with van der Waals surface area (Å²) < 4.78 is 44.6. The van der Waals surface area contributed by atoms with Crippen LogP contribution in [0.2, 0.25) is 0 Å². The minimum Gasteiger partial charge on any atom is -0.494 e. The highest BCUT2D eigenvalue weighted by Gasteiger charge is 2.29. The predicted octanol–water partition coefficient (Wildman–Crippen LogP) is 4.16. The molecule has 0 spiro atoms. The van der Waals surface area contributed by atoms with Gasteiger partial charge >= 0.3 is 6.18 Å². The maximum Gasteiger partial charge on any atom is 0.408 e. The number of nitrogens with one attached hydrogen (secondary N) is 3. The first-order chi connectivity index (χ1) is 18.1. The van der Waals surface area contributed by atoms with E-state index in [4.69, 9.17) is 4.74 Å². The lowest BCUT2D eigenvalue weighted by molar-refractivity contribution is -0.142. The van der Waals surface area contributed by atoms with Gasteiger partial charge in [-0.1, -0.05) is 6.07 Å². The molecular weight excluding hydrogens is 503 g/mol. The van der Waals surface area contributed by atoms with E-state index < -0.39 is 12.7 Å². The lowest BCUT2D eigenvalue weighted by atomic mass is 10.1. The van der Waals surface area contributed by atoms with E-state index >= 15 is 0 Å². The van der Waals surface area contributed by atoms with Crippen molar-refractivity contribution in [2.45, 2.75) is 26.6 Å². The highest BCUT2D eigenvalue weighted by atomic mass is 19.4. The Balaban J connectivity index is 1.70. The number of aromatic nitrogens is 6. The van der Waals surface area contributed by atoms with Gasteiger partial charge in [-0.25, -0.2) is 24.6 Å². The smallest absolute Gasteiger partial charge is 0.408 e. The Morgan fingerprint density at radius 1 is 1.05 bits per heavy atom. The molecule has 0 saturated carbocycles. The molecular formula is C24H24F3N9O2. The molecule has 3 heterocycles. The van der Waals surface area contributed by atoms with Crippen LogP contribution < -0.4 is 20.7 Å². The number of para-hydroxylation sites is 1. The van der Waals surface area contributed by atoms with Gasteiger partial charge in [0.25, 0.3) is 5.91 Å². The fourth-order valence-corrected chi connectivity index (χ4v) is 3.71. The molecule has 3 N–H and O–H groups in total. The van der Waals surface area contributed by atoms with Crippen LogP contribution in [0, 0.1) is 13.8 Å². The minimum absolute atomic E-state index is 0.0489. The van der Waals surface area contributed by atoms with E-state index in [1.807, 2.05) is 6.92 Å². The first-order valence-electron chi connectivity index (χ1n) is 11.3. The molecule has 0 fully saturated rings. The Labute approximate surface area is 215 Å². The third-order valence-electron chi connectivity index (χ3n) is 5.20. The van der Waals surface area contributed by atoms with Gasteiger partial charge in [0.2, 0.25) is 0 Å². The fourth-order valence-electron chi connectivity index (χ4n) is 3.71. The van der Waals surface area contributed by atoms with Crippen molar-refractivity contribution in [3.05, 3.63) is 59.9 Å². The third kappa shape index (κ3) is 6.14. The topological polar surface area (TPSA) is 132 Å². The van der Waals surface area contributed by atoms with Gasteiger partial charge in [-0.3, -0.25) is 4.79 Å². The molecule has 11 nitrogen and oxygen atoms in total. The number of carbonyl (C=O) groups excluding carboxylic acids is 1. The molecule has 0 unspecified atom stereocenters. The van der Waals surface area contributed by atoms with Crippen molar-refractivity contribution in [3.63, 3.8) is 0 Å². The second-order valence-electron chi connectivity index (χ2n) is 8.15. The molecule has 0 aliphatic rings. The maximum atomic E-state index is 12.8. The van der Waals surface area contributed by atoms with Crippen LogP contribution in [0.4, 0.5) is 36.2 Å². The average molecular weight is 528 g/mol. The standard InChI is InChI=1S/C24H24F3N9O2/c1-13-8-20(32-14(2)31-13)34-19-9-18(16(10-29-19)23(37)28-3)33-17-7-5-6-15(21(17)38-4)22-30-12-36(35-22)11-24(25,26)27/h5-10,12H,11H2,1-4H3,(H,28,37)(H2,29,31,32,33,34). The van der Waals surface area contributed by atoms with Crippen LogP contribution in [0.3, 0.4) is 0 Å². The van der Waals surface area contributed by atoms with Crippen LogP contribution in [0.1, 0.15) is 21.9 Å². The summed E-state index contributed by atoms with van der Waals surface area (Å²) in [5.74, 6) is 1.45. The van der Waals surface area contributed by atoms with Gasteiger partial charge in [0.15, 0.2) is 11.6 Å². The number of benzene rings is 1. The number of halogens is 3. The summed E-state index contributed by atoms with van der Waals surface area (Å²) in [5.41, 5.74) is 2.18. The van der Waals surface area contributed by atoms with Gasteiger partial charge in [0, 0.05) is 31.1 Å². The van der Waals surface area contributed by atoms with Crippen molar-refractivity contribution in [2.24, 2.45) is 0 Å². The summed E-state index contributed by atoms with van der Waals surface area (Å²) in [4.78, 5) is 29.5. The Hall–Kier alpha value is -4.75. The number of hydrogen-bond acceptors (Lipinski definition) is 9. The molecule has 0 radical (unpaired) electrons. The average Bonchev–Trinajstić information content (AvgIpc) is 3.29. The van der Waals surface area contributed by atoms with Crippen molar-refractivity contribution >= 4 is 28.9 Å². The predicted molar refractivity (Wildman–Crippen MR) is 134 cm³/mol. The van der Waals surface area contributed by atoms with E-state index in [9.17, 15) is 18.0 Å². The summed E-state index contributed by atoms with van der Waals surface area (Å²) >= 11 is 0. The number of alkyl halides is 3. The van der Waals surface area contributed by atoms with Gasteiger partial charge in [-0.2, -0.15) is 18.3 Å². The molecule has 0 bridgehead atoms. The molecule has 4 rings (SSSR count). The summed E-state index contributed by atoms with van der Waals surface area (Å²) in [6, 6.07) is 8.35. The first kappa shape index (κ1) is 26.3. The summed E-state index contributed by atoms with van der Waals surface area (Å²) in [5, 5.41) is 12.8. The number of aryl methyl sites for hydroxylation is 2. The zero-order chi connectivity index (χ0) is 27.4. The second kappa shape index (κ2) is 10.7. The van der Waals surface area contributed by atoms with Crippen molar-refractivity contribution in [1.29, 1.82) is 0 Å². The van der Waals surface area contributed by atoms with E-state index in [2.05, 4.69) is 41.0 Å². The number of anilines is 4. The Morgan fingerprint density at radius 3 is 2.53 bits per heavy atom. The third-order valence-corrected chi connectivity index (χ3v) is 5.20. The molecule has 14 heteroatoms. The molecule has 0 saturated heterocycles. The summed E-state index contributed by atoms with van der Waals surface area (Å²) in [6.45, 7) is 2.34. The second-order valence-corrected chi connectivity index (χ2v) is 8.15. The molecule has 0 aliphatic heterocycles. The molecule has 198 valence electrons. The molecule has 1 amide bonds. The monoisotopic (exact) mass is 527 g/mol. The number of pyridine rings is 1. The molecule has 38 heavy (non-hydrogen) atoms. The molecule has 0 atom stereocenters. The number of hydrogen-bond donors (Lipinski definition) is 3. The molecule has 1 aromatic carbocycles. The van der Waals surface area contributed by atoms with E-state index in [1.54, 1.807) is 37.3 Å². The Kier molecular flexibility index (Phi) is 7.41. The van der Waals surface area contributed by atoms with Crippen molar-refractivity contribution in [1.82, 2.24) is 35.0 Å². The van der Waals surface area contributed by atoms with Gasteiger partial charge in [-0.15, -0.1) is 0 Å². The van der Waals surface area contributed by atoms with Crippen molar-refractivity contribution in [2.75, 3.05) is 24.8 Å². The Morgan fingerprint density at radius 2 is 1.84 bits per heavy atom. The van der Waals surface area contributed by atoms with Crippen LogP contribution in [-0.4, -0.2) is 56.0 Å². The molecule has 4 aromatic rings. The van der Waals surface area contributed by atoms with Crippen LogP contribution in [0.15, 0.2) is 42.9 Å². The zero-order valence-electron chi connectivity index (χ0n) is 20.9. The van der Waals surface area contributed by atoms with Gasteiger partial charge < -0.3 is 20.7 Å². The van der Waals surface area contributed by atoms with Gasteiger partial charge in [-0.05, 0) is 26.0 Å². The van der Waals surface area contributed by atoms with Crippen LogP contribution >= 0.6 is 0 Å². The number of methoxy groups -OCH3 is 1. The van der Waals surface area contributed by atoms with Crippen LogP contribution in [0.5, 0.6) is 5.75 Å². The number of nitrogens with zero attached hydrogens (tertiary/aromatic N) is 6. The van der Waals surface area contributed by atoms with E-state index in [1.165, 1.54) is 20.4 Å². The van der Waals surface area contributed by atoms with Crippen molar-refractivity contribution < 1.29 is 22.7 Å². The van der Waals surface area contributed by atoms with Crippen LogP contribution in [0.25, 0.3) is 11.4 Å². The van der Waals surface area contributed by atoms with E-state index in [0.717, 1.165) is 12.0 Å². The SMILES string of the molecule is CNC(=O)c1cnc(Nc2cc(C)nc(C)n2)cc1Nc1cccc(-c2ncn(CC(F)(F)F)n2)c1OC. The normalized spacial score (nSPS) is 11.2. The van der Waals surface area contributed by atoms with E-state index in [-0.39, 0.29) is 23.0 Å². The van der Waals surface area contributed by atoms with Gasteiger partial charge in [0.1, 0.15) is 30.3 Å². The summed E-state index contributed by atoms with van der Waals surface area (Å²) in [6.07, 6.45) is -2.03. The largest absolute Gasteiger partial charge is 0.494 e. The number of ether oxygens (including phenoxy) is 1. The Bertz CT molecular complexity index is 1450. The first-order valence-corrected chi connectivity index (χ1v) is 11.3. The number of carbonyl (C=O) groups is 1. The molecule has 0 aliphatic carbocycles. The lowest BCUT2D eigenvalue weighted by Gasteiger charge is -2.17. The van der Waals surface area contributed by atoms with Gasteiger partial charge in [0.05, 0.1) is 29.6 Å². The highest BCUT2D eigenvalue weighted by Crippen LogP contribution is 2.37. The summed E-state index contributed by atoms with van der Waals surface area (Å²) in [7, 11) is 2.91.